The van der Waals surface area contributed by atoms with E-state index < -0.39 is 24.1 Å². The van der Waals surface area contributed by atoms with Crippen LogP contribution in [0, 0.1) is 0 Å². The largest absolute Gasteiger partial charge is 0.462 e. The molecule has 3 N–H and O–H groups in total. The molecule has 1 amide bonds. The molecule has 0 bridgehead atoms. The van der Waals surface area contributed by atoms with E-state index in [0.717, 1.165) is 6.42 Å². The molecule has 9 nitrogen and oxygen atoms in total. The highest BCUT2D eigenvalue weighted by atomic mass is 32.2. The lowest BCUT2D eigenvalue weighted by Gasteiger charge is -2.17. The van der Waals surface area contributed by atoms with E-state index in [0.29, 0.717) is 44.5 Å². The molecular weight excluding hydrogens is 376 g/mol. The van der Waals surface area contributed by atoms with Crippen molar-refractivity contribution in [2.24, 2.45) is 5.73 Å². The van der Waals surface area contributed by atoms with Crippen molar-refractivity contribution in [2.75, 3.05) is 51.1 Å². The van der Waals surface area contributed by atoms with Crippen LogP contribution in [0.1, 0.15) is 27.2 Å². The van der Waals surface area contributed by atoms with Crippen molar-refractivity contribution in [2.45, 2.75) is 39.3 Å². The zero-order chi connectivity index (χ0) is 20.5. The maximum Gasteiger partial charge on any atom is 0.303 e. The fraction of sp³-hybridized carbons (Fsp3) is 0.824. The summed E-state index contributed by atoms with van der Waals surface area (Å²) >= 11 is 1.34. The van der Waals surface area contributed by atoms with Crippen LogP contribution in [-0.2, 0) is 33.3 Å². The van der Waals surface area contributed by atoms with Crippen LogP contribution in [0.15, 0.2) is 0 Å². The standard InChI is InChI=1S/C17H32N2O7S/c1-4-6-23-8-9-24-7-5-19-17(22)16(18)12-27-11-15(26-14(3)21)10-25-13(2)20/h15-16H,4-12,18H2,1-3H3,(H,19,22). The highest BCUT2D eigenvalue weighted by Crippen LogP contribution is 2.08. The smallest absolute Gasteiger partial charge is 0.303 e. The van der Waals surface area contributed by atoms with Crippen LogP contribution in [0.3, 0.4) is 0 Å². The minimum Gasteiger partial charge on any atom is -0.462 e. The van der Waals surface area contributed by atoms with E-state index in [9.17, 15) is 14.4 Å². The molecule has 0 aliphatic carbocycles. The average molecular weight is 409 g/mol. The van der Waals surface area contributed by atoms with Gasteiger partial charge in [-0.05, 0) is 6.42 Å². The van der Waals surface area contributed by atoms with Gasteiger partial charge in [-0.2, -0.15) is 11.8 Å². The number of hydrogen-bond donors (Lipinski definition) is 2. The van der Waals surface area contributed by atoms with Gasteiger partial charge in [0.2, 0.25) is 5.91 Å². The number of nitrogens with one attached hydrogen (secondary N) is 1. The molecule has 0 spiro atoms. The number of carbonyl (C=O) groups is 3. The molecule has 10 heteroatoms. The van der Waals surface area contributed by atoms with Crippen LogP contribution in [-0.4, -0.2) is 81.1 Å². The van der Waals surface area contributed by atoms with Gasteiger partial charge in [-0.25, -0.2) is 0 Å². The third kappa shape index (κ3) is 16.5. The monoisotopic (exact) mass is 408 g/mol. The van der Waals surface area contributed by atoms with Gasteiger partial charge in [-0.1, -0.05) is 6.92 Å². The Balaban J connectivity index is 3.86. The Kier molecular flexibility index (Phi) is 15.9. The van der Waals surface area contributed by atoms with E-state index >= 15 is 0 Å². The van der Waals surface area contributed by atoms with Crippen LogP contribution in [0.2, 0.25) is 0 Å². The second kappa shape index (κ2) is 16.8. The fourth-order valence-electron chi connectivity index (χ4n) is 1.81. The lowest BCUT2D eigenvalue weighted by molar-refractivity contribution is -0.154. The Hall–Kier alpha value is -1.36. The lowest BCUT2D eigenvalue weighted by atomic mass is 10.3. The van der Waals surface area contributed by atoms with Gasteiger partial charge in [0.25, 0.3) is 0 Å². The van der Waals surface area contributed by atoms with Gasteiger partial charge in [0.15, 0.2) is 0 Å². The van der Waals surface area contributed by atoms with Gasteiger partial charge >= 0.3 is 11.9 Å². The van der Waals surface area contributed by atoms with Crippen molar-refractivity contribution in [3.8, 4) is 0 Å². The lowest BCUT2D eigenvalue weighted by Crippen LogP contribution is -2.43. The van der Waals surface area contributed by atoms with Crippen molar-refractivity contribution >= 4 is 29.6 Å². The van der Waals surface area contributed by atoms with Crippen LogP contribution < -0.4 is 11.1 Å². The predicted octanol–water partition coefficient (Wildman–Crippen LogP) is 0.101. The van der Waals surface area contributed by atoms with Gasteiger partial charge in [0, 0.05) is 38.5 Å². The first kappa shape index (κ1) is 25.6. The highest BCUT2D eigenvalue weighted by Gasteiger charge is 2.17. The van der Waals surface area contributed by atoms with Gasteiger partial charge in [-0.3, -0.25) is 14.4 Å². The third-order valence-electron chi connectivity index (χ3n) is 3.01. The first-order valence-corrected chi connectivity index (χ1v) is 10.1. The van der Waals surface area contributed by atoms with Crippen molar-refractivity contribution in [1.29, 1.82) is 0 Å². The van der Waals surface area contributed by atoms with E-state index in [1.165, 1.54) is 25.6 Å². The van der Waals surface area contributed by atoms with Crippen LogP contribution >= 0.6 is 11.8 Å². The number of rotatable bonds is 16. The quantitative estimate of drug-likeness (QED) is 0.270. The molecule has 0 aromatic carbocycles. The molecule has 2 unspecified atom stereocenters. The summed E-state index contributed by atoms with van der Waals surface area (Å²) in [5.41, 5.74) is 5.84. The van der Waals surface area contributed by atoms with E-state index in [1.54, 1.807) is 0 Å². The topological polar surface area (TPSA) is 126 Å². The maximum atomic E-state index is 11.9. The number of amides is 1. The predicted molar refractivity (Wildman–Crippen MR) is 102 cm³/mol. The fourth-order valence-corrected chi connectivity index (χ4v) is 2.78. The van der Waals surface area contributed by atoms with Crippen LogP contribution in [0.25, 0.3) is 0 Å². The van der Waals surface area contributed by atoms with Gasteiger partial charge in [0.1, 0.15) is 12.7 Å². The third-order valence-corrected chi connectivity index (χ3v) is 4.21. The summed E-state index contributed by atoms with van der Waals surface area (Å²) in [4.78, 5) is 33.8. The van der Waals surface area contributed by atoms with E-state index in [-0.39, 0.29) is 12.5 Å². The molecule has 0 aliphatic heterocycles. The van der Waals surface area contributed by atoms with E-state index in [4.69, 9.17) is 24.7 Å². The van der Waals surface area contributed by atoms with Crippen molar-refractivity contribution < 1.29 is 33.3 Å². The first-order valence-electron chi connectivity index (χ1n) is 8.93. The maximum absolute atomic E-state index is 11.9. The molecule has 0 rings (SSSR count). The van der Waals surface area contributed by atoms with Crippen LogP contribution in [0.5, 0.6) is 0 Å². The molecule has 0 saturated carbocycles. The number of thioether (sulfide) groups is 1. The molecule has 0 saturated heterocycles. The molecule has 0 aromatic rings. The summed E-state index contributed by atoms with van der Waals surface area (Å²) in [5, 5.41) is 2.70. The van der Waals surface area contributed by atoms with Gasteiger partial charge in [-0.15, -0.1) is 0 Å². The molecule has 158 valence electrons. The second-order valence-corrected chi connectivity index (χ2v) is 6.77. The second-order valence-electron chi connectivity index (χ2n) is 5.69. The molecule has 0 radical (unpaired) electrons. The summed E-state index contributed by atoms with van der Waals surface area (Å²) < 4.78 is 20.5. The number of hydrogen-bond acceptors (Lipinski definition) is 9. The summed E-state index contributed by atoms with van der Waals surface area (Å²) in [6.07, 6.45) is 0.395. The number of carbonyl (C=O) groups excluding carboxylic acids is 3. The Morgan fingerprint density at radius 2 is 1.67 bits per heavy atom. The SMILES string of the molecule is CCCOCCOCCNC(=O)C(N)CSCC(COC(C)=O)OC(C)=O. The molecule has 27 heavy (non-hydrogen) atoms. The molecule has 0 heterocycles. The Morgan fingerprint density at radius 3 is 2.26 bits per heavy atom. The summed E-state index contributed by atoms with van der Waals surface area (Å²) in [6.45, 7) is 7.06. The minimum absolute atomic E-state index is 0.0251. The molecule has 0 aliphatic rings. The van der Waals surface area contributed by atoms with Crippen molar-refractivity contribution in [1.82, 2.24) is 5.32 Å². The number of nitrogens with two attached hydrogens (primary N) is 1. The van der Waals surface area contributed by atoms with Crippen molar-refractivity contribution in [3.63, 3.8) is 0 Å². The Labute approximate surface area is 165 Å². The minimum atomic E-state index is -0.699. The normalized spacial score (nSPS) is 12.9. The first-order chi connectivity index (χ1) is 12.9. The highest BCUT2D eigenvalue weighted by molar-refractivity contribution is 7.99. The van der Waals surface area contributed by atoms with Gasteiger partial charge < -0.3 is 30.0 Å². The molecule has 0 aromatic heterocycles. The van der Waals surface area contributed by atoms with Crippen molar-refractivity contribution in [3.05, 3.63) is 0 Å². The number of esters is 2. The summed E-state index contributed by atoms with van der Waals surface area (Å²) in [7, 11) is 0. The van der Waals surface area contributed by atoms with Gasteiger partial charge in [0.05, 0.1) is 25.9 Å². The Bertz CT molecular complexity index is 438. The molecular formula is C17H32N2O7S. The zero-order valence-electron chi connectivity index (χ0n) is 16.4. The van der Waals surface area contributed by atoms with E-state index in [2.05, 4.69) is 5.32 Å². The summed E-state index contributed by atoms with van der Waals surface area (Å²) in [6, 6.07) is -0.699. The van der Waals surface area contributed by atoms with Crippen LogP contribution in [0.4, 0.5) is 0 Å². The zero-order valence-corrected chi connectivity index (χ0v) is 17.2. The van der Waals surface area contributed by atoms with E-state index in [1.807, 2.05) is 6.92 Å². The average Bonchev–Trinajstić information content (AvgIpc) is 2.60. The Morgan fingerprint density at radius 1 is 1.00 bits per heavy atom. The molecule has 2 atom stereocenters. The number of ether oxygens (including phenoxy) is 4. The summed E-state index contributed by atoms with van der Waals surface area (Å²) in [5.74, 6) is -0.482. The molecule has 0 fully saturated rings.